The average Bonchev–Trinajstić information content (AvgIpc) is 2.88. The van der Waals surface area contributed by atoms with E-state index in [9.17, 15) is 4.79 Å². The minimum Gasteiger partial charge on any atom is -0.439 e. The maximum Gasteiger partial charge on any atom is 0.239 e. The van der Waals surface area contributed by atoms with Crippen LogP contribution in [0.25, 0.3) is 11.1 Å². The summed E-state index contributed by atoms with van der Waals surface area (Å²) >= 11 is 0. The first-order valence-corrected chi connectivity index (χ1v) is 6.85. The predicted octanol–water partition coefficient (Wildman–Crippen LogP) is 0.357. The minimum absolute atomic E-state index is 0.0601. The van der Waals surface area contributed by atoms with Crippen molar-refractivity contribution >= 4 is 22.7 Å². The summed E-state index contributed by atoms with van der Waals surface area (Å²) < 4.78 is 11.1. The first-order chi connectivity index (χ1) is 10.2. The number of benzene rings is 1. The molecule has 0 bridgehead atoms. The molecule has 1 aliphatic heterocycles. The SMILES string of the molecule is CNC(=O)C1COCCN1Cc1nc2cc(N)ccc2o1. The lowest BCUT2D eigenvalue weighted by atomic mass is 10.2. The summed E-state index contributed by atoms with van der Waals surface area (Å²) in [5.74, 6) is 0.515. The number of amides is 1. The van der Waals surface area contributed by atoms with Crippen molar-refractivity contribution in [2.24, 2.45) is 0 Å². The van der Waals surface area contributed by atoms with E-state index >= 15 is 0 Å². The third kappa shape index (κ3) is 2.84. The maximum absolute atomic E-state index is 11.9. The Labute approximate surface area is 122 Å². The van der Waals surface area contributed by atoms with E-state index in [2.05, 4.69) is 10.3 Å². The van der Waals surface area contributed by atoms with Crippen LogP contribution in [0.15, 0.2) is 22.6 Å². The fraction of sp³-hybridized carbons (Fsp3) is 0.429. The molecule has 0 aliphatic carbocycles. The number of hydrogen-bond acceptors (Lipinski definition) is 6. The molecule has 1 atom stereocenters. The summed E-state index contributed by atoms with van der Waals surface area (Å²) in [5, 5.41) is 2.66. The molecule has 1 aromatic heterocycles. The molecule has 7 nitrogen and oxygen atoms in total. The number of nitrogens with two attached hydrogens (primary N) is 1. The highest BCUT2D eigenvalue weighted by atomic mass is 16.5. The first kappa shape index (κ1) is 13.8. The molecule has 1 unspecified atom stereocenters. The second-order valence-corrected chi connectivity index (χ2v) is 5.01. The van der Waals surface area contributed by atoms with E-state index in [1.807, 2.05) is 4.90 Å². The lowest BCUT2D eigenvalue weighted by Crippen LogP contribution is -2.52. The first-order valence-electron chi connectivity index (χ1n) is 6.85. The Morgan fingerprint density at radius 3 is 3.24 bits per heavy atom. The number of aromatic nitrogens is 1. The molecule has 1 amide bonds. The van der Waals surface area contributed by atoms with Gasteiger partial charge < -0.3 is 20.2 Å². The van der Waals surface area contributed by atoms with Crippen LogP contribution in [0, 0.1) is 0 Å². The predicted molar refractivity (Wildman–Crippen MR) is 77.5 cm³/mol. The molecule has 2 aromatic rings. The molecule has 1 aliphatic rings. The highest BCUT2D eigenvalue weighted by molar-refractivity contribution is 5.81. The van der Waals surface area contributed by atoms with Crippen molar-refractivity contribution in [1.82, 2.24) is 15.2 Å². The maximum atomic E-state index is 11.9. The zero-order valence-electron chi connectivity index (χ0n) is 11.8. The van der Waals surface area contributed by atoms with Gasteiger partial charge in [0.15, 0.2) is 5.58 Å². The molecule has 112 valence electrons. The highest BCUT2D eigenvalue weighted by Gasteiger charge is 2.29. The number of hydrogen-bond donors (Lipinski definition) is 2. The number of oxazole rings is 1. The van der Waals surface area contributed by atoms with Crippen LogP contribution in [0.3, 0.4) is 0 Å². The van der Waals surface area contributed by atoms with Crippen LogP contribution >= 0.6 is 0 Å². The van der Waals surface area contributed by atoms with E-state index in [4.69, 9.17) is 14.9 Å². The number of nitrogens with zero attached hydrogens (tertiary/aromatic N) is 2. The van der Waals surface area contributed by atoms with Crippen LogP contribution in [0.5, 0.6) is 0 Å². The van der Waals surface area contributed by atoms with Gasteiger partial charge in [-0.25, -0.2) is 4.98 Å². The lowest BCUT2D eigenvalue weighted by Gasteiger charge is -2.33. The van der Waals surface area contributed by atoms with Crippen molar-refractivity contribution in [3.8, 4) is 0 Å². The van der Waals surface area contributed by atoms with Crippen LogP contribution in [0.1, 0.15) is 5.89 Å². The third-order valence-corrected chi connectivity index (χ3v) is 3.58. The lowest BCUT2D eigenvalue weighted by molar-refractivity contribution is -0.132. The van der Waals surface area contributed by atoms with Crippen molar-refractivity contribution in [3.63, 3.8) is 0 Å². The van der Waals surface area contributed by atoms with Gasteiger partial charge in [-0.05, 0) is 18.2 Å². The molecule has 7 heteroatoms. The number of ether oxygens (including phenoxy) is 1. The Balaban J connectivity index is 1.80. The fourth-order valence-electron chi connectivity index (χ4n) is 2.47. The van der Waals surface area contributed by atoms with Gasteiger partial charge >= 0.3 is 0 Å². The van der Waals surface area contributed by atoms with Crippen LogP contribution in [0.4, 0.5) is 5.69 Å². The number of nitrogen functional groups attached to an aromatic ring is 1. The van der Waals surface area contributed by atoms with E-state index in [0.29, 0.717) is 43.5 Å². The summed E-state index contributed by atoms with van der Waals surface area (Å²) in [7, 11) is 1.62. The summed E-state index contributed by atoms with van der Waals surface area (Å²) in [4.78, 5) is 18.3. The van der Waals surface area contributed by atoms with Gasteiger partial charge in [-0.3, -0.25) is 9.69 Å². The van der Waals surface area contributed by atoms with Gasteiger partial charge in [-0.2, -0.15) is 0 Å². The topological polar surface area (TPSA) is 93.6 Å². The number of rotatable bonds is 3. The van der Waals surface area contributed by atoms with Crippen molar-refractivity contribution in [1.29, 1.82) is 0 Å². The second kappa shape index (κ2) is 5.71. The number of likely N-dealkylation sites (N-methyl/N-ethyl adjacent to an activating group) is 1. The van der Waals surface area contributed by atoms with Gasteiger partial charge in [0, 0.05) is 19.3 Å². The molecular weight excluding hydrogens is 272 g/mol. The Morgan fingerprint density at radius 1 is 1.57 bits per heavy atom. The Hall–Kier alpha value is -2.12. The van der Waals surface area contributed by atoms with Gasteiger partial charge in [0.05, 0.1) is 19.8 Å². The van der Waals surface area contributed by atoms with Gasteiger partial charge in [0.1, 0.15) is 11.6 Å². The molecular formula is C14H18N4O3. The summed E-state index contributed by atoms with van der Waals surface area (Å²) in [6.07, 6.45) is 0. The van der Waals surface area contributed by atoms with Crippen LogP contribution < -0.4 is 11.1 Å². The van der Waals surface area contributed by atoms with Crippen molar-refractivity contribution in [3.05, 3.63) is 24.1 Å². The number of carbonyl (C=O) groups excluding carboxylic acids is 1. The quantitative estimate of drug-likeness (QED) is 0.793. The van der Waals surface area contributed by atoms with Crippen molar-refractivity contribution < 1.29 is 13.9 Å². The standard InChI is InChI=1S/C14H18N4O3/c1-16-14(19)11-8-20-5-4-18(11)7-13-17-10-6-9(15)2-3-12(10)21-13/h2-3,6,11H,4-5,7-8,15H2,1H3,(H,16,19). The minimum atomic E-state index is -0.316. The molecule has 1 fully saturated rings. The fourth-order valence-corrected chi connectivity index (χ4v) is 2.47. The molecule has 2 heterocycles. The third-order valence-electron chi connectivity index (χ3n) is 3.58. The summed E-state index contributed by atoms with van der Waals surface area (Å²) in [5.41, 5.74) is 7.81. The Morgan fingerprint density at radius 2 is 2.43 bits per heavy atom. The molecule has 21 heavy (non-hydrogen) atoms. The zero-order valence-corrected chi connectivity index (χ0v) is 11.8. The van der Waals surface area contributed by atoms with Crippen LogP contribution in [0.2, 0.25) is 0 Å². The highest BCUT2D eigenvalue weighted by Crippen LogP contribution is 2.20. The van der Waals surface area contributed by atoms with E-state index in [1.165, 1.54) is 0 Å². The van der Waals surface area contributed by atoms with Gasteiger partial charge in [-0.15, -0.1) is 0 Å². The van der Waals surface area contributed by atoms with E-state index in [1.54, 1.807) is 25.2 Å². The van der Waals surface area contributed by atoms with E-state index < -0.39 is 0 Å². The van der Waals surface area contributed by atoms with Gasteiger partial charge in [0.2, 0.25) is 11.8 Å². The van der Waals surface area contributed by atoms with Gasteiger partial charge in [0.25, 0.3) is 0 Å². The second-order valence-electron chi connectivity index (χ2n) is 5.01. The number of carbonyl (C=O) groups is 1. The monoisotopic (exact) mass is 290 g/mol. The van der Waals surface area contributed by atoms with E-state index in [0.717, 1.165) is 5.52 Å². The van der Waals surface area contributed by atoms with Crippen molar-refractivity contribution in [2.45, 2.75) is 12.6 Å². The van der Waals surface area contributed by atoms with E-state index in [-0.39, 0.29) is 11.9 Å². The smallest absolute Gasteiger partial charge is 0.239 e. The molecule has 3 N–H and O–H groups in total. The number of nitrogens with one attached hydrogen (secondary N) is 1. The van der Waals surface area contributed by atoms with Crippen molar-refractivity contribution in [2.75, 3.05) is 32.5 Å². The normalized spacial score (nSPS) is 19.8. The number of fused-ring (bicyclic) bond motifs is 1. The Bertz CT molecular complexity index is 655. The largest absolute Gasteiger partial charge is 0.439 e. The van der Waals surface area contributed by atoms with Crippen LogP contribution in [-0.2, 0) is 16.1 Å². The summed E-state index contributed by atoms with van der Waals surface area (Å²) in [6, 6.07) is 5.04. The number of anilines is 1. The molecule has 0 radical (unpaired) electrons. The molecule has 1 aromatic carbocycles. The molecule has 3 rings (SSSR count). The zero-order chi connectivity index (χ0) is 14.8. The average molecular weight is 290 g/mol. The van der Waals surface area contributed by atoms with Gasteiger partial charge in [-0.1, -0.05) is 0 Å². The molecule has 0 spiro atoms. The molecule has 1 saturated heterocycles. The van der Waals surface area contributed by atoms with Crippen LogP contribution in [-0.4, -0.2) is 48.6 Å². The summed E-state index contributed by atoms with van der Waals surface area (Å²) in [6.45, 7) is 2.11. The molecule has 0 saturated carbocycles. The number of morpholine rings is 1. The Kier molecular flexibility index (Phi) is 3.76.